The molecule has 1 aliphatic rings. The fraction of sp³-hybridized carbons (Fsp3) is 0.185. The number of para-hydroxylation sites is 1. The third-order valence-electron chi connectivity index (χ3n) is 6.65. The molecule has 9 nitrogen and oxygen atoms in total. The highest BCUT2D eigenvalue weighted by Gasteiger charge is 2.37. The fourth-order valence-corrected chi connectivity index (χ4v) is 4.71. The maximum absolute atomic E-state index is 14.9. The van der Waals surface area contributed by atoms with Crippen molar-refractivity contribution in [3.63, 3.8) is 0 Å². The molecule has 0 radical (unpaired) electrons. The van der Waals surface area contributed by atoms with Crippen molar-refractivity contribution in [1.82, 2.24) is 35.0 Å². The zero-order valence-corrected chi connectivity index (χ0v) is 20.5. The smallest absolute Gasteiger partial charge is 0.387 e. The Morgan fingerprint density at radius 2 is 1.82 bits per heavy atom. The molecule has 40 heavy (non-hydrogen) atoms. The number of halogens is 4. The summed E-state index contributed by atoms with van der Waals surface area (Å²) in [4.78, 5) is 24.9. The molecule has 1 N–H and O–H groups in total. The summed E-state index contributed by atoms with van der Waals surface area (Å²) in [6, 6.07) is 11.4. The lowest BCUT2D eigenvalue weighted by Crippen LogP contribution is -2.44. The minimum absolute atomic E-state index is 0.128. The van der Waals surface area contributed by atoms with E-state index in [1.54, 1.807) is 28.8 Å². The number of carbonyl (C=O) groups excluding carboxylic acids is 1. The van der Waals surface area contributed by atoms with Gasteiger partial charge in [-0.2, -0.15) is 13.2 Å². The number of amides is 1. The third-order valence-corrected chi connectivity index (χ3v) is 6.65. The minimum atomic E-state index is -3.00. The maximum Gasteiger partial charge on any atom is 0.387 e. The van der Waals surface area contributed by atoms with Crippen molar-refractivity contribution in [2.24, 2.45) is 0 Å². The molecule has 202 valence electrons. The summed E-state index contributed by atoms with van der Waals surface area (Å²) < 4.78 is 59.4. The highest BCUT2D eigenvalue weighted by Crippen LogP contribution is 2.39. The van der Waals surface area contributed by atoms with E-state index in [0.29, 0.717) is 35.1 Å². The highest BCUT2D eigenvalue weighted by molar-refractivity contribution is 6.05. The van der Waals surface area contributed by atoms with E-state index in [-0.39, 0.29) is 40.8 Å². The van der Waals surface area contributed by atoms with Gasteiger partial charge in [0.2, 0.25) is 5.95 Å². The summed E-state index contributed by atoms with van der Waals surface area (Å²) in [5, 5.41) is 11.9. The van der Waals surface area contributed by atoms with E-state index in [0.717, 1.165) is 12.3 Å². The van der Waals surface area contributed by atoms with Crippen LogP contribution in [0.2, 0.25) is 0 Å². The van der Waals surface area contributed by atoms with E-state index in [1.165, 1.54) is 30.6 Å². The molecule has 4 heterocycles. The first kappa shape index (κ1) is 25.3. The summed E-state index contributed by atoms with van der Waals surface area (Å²) in [6.45, 7) is -3.00. The number of nitrogens with one attached hydrogen (secondary N) is 1. The number of benzene rings is 1. The Morgan fingerprint density at radius 1 is 1.00 bits per heavy atom. The van der Waals surface area contributed by atoms with Crippen LogP contribution in [0.25, 0.3) is 28.1 Å². The van der Waals surface area contributed by atoms with Crippen LogP contribution in [-0.4, -0.2) is 48.3 Å². The van der Waals surface area contributed by atoms with Gasteiger partial charge in [0.15, 0.2) is 5.82 Å². The van der Waals surface area contributed by atoms with Crippen molar-refractivity contribution in [2.45, 2.75) is 31.4 Å². The van der Waals surface area contributed by atoms with Gasteiger partial charge >= 0.3 is 6.61 Å². The number of hydrogen-bond acceptors (Lipinski definition) is 7. The lowest BCUT2D eigenvalue weighted by molar-refractivity contribution is -0.0500. The zero-order chi connectivity index (χ0) is 27.8. The summed E-state index contributed by atoms with van der Waals surface area (Å²) >= 11 is 0. The number of hydrogen-bond donors (Lipinski definition) is 1. The highest BCUT2D eigenvalue weighted by atomic mass is 19.3. The van der Waals surface area contributed by atoms with Gasteiger partial charge in [-0.25, -0.2) is 14.4 Å². The van der Waals surface area contributed by atoms with Crippen molar-refractivity contribution in [2.75, 3.05) is 0 Å². The Morgan fingerprint density at radius 3 is 2.58 bits per heavy atom. The molecule has 0 spiro atoms. The second kappa shape index (κ2) is 10.3. The minimum Gasteiger partial charge on any atom is -0.433 e. The summed E-state index contributed by atoms with van der Waals surface area (Å²) in [6.07, 6.45) is 4.84. The number of nitrogens with zero attached hydrogens (tertiary/aromatic N) is 6. The van der Waals surface area contributed by atoms with Crippen LogP contribution < -0.4 is 10.1 Å². The molecule has 4 aromatic heterocycles. The van der Waals surface area contributed by atoms with E-state index in [4.69, 9.17) is 0 Å². The first-order valence-corrected chi connectivity index (χ1v) is 12.2. The summed E-state index contributed by atoms with van der Waals surface area (Å²) in [7, 11) is 0. The standard InChI is InChI=1S/C27H19F4N7O2/c28-19-3-1-2-4-22(19)38-24(36-37-25(38)20-6-5-16(12-33-20)40-27(30)31)14-9-15(10-14)35-26(39)17-7-8-32-21-11-23(29)34-13-18(17)21/h1-8,11-15,27H,9-10H2,(H,35,39). The lowest BCUT2D eigenvalue weighted by atomic mass is 9.79. The van der Waals surface area contributed by atoms with Gasteiger partial charge in [0.1, 0.15) is 23.1 Å². The van der Waals surface area contributed by atoms with Crippen molar-refractivity contribution >= 4 is 16.8 Å². The molecule has 1 saturated carbocycles. The van der Waals surface area contributed by atoms with Gasteiger partial charge in [0, 0.05) is 35.8 Å². The molecule has 0 saturated heterocycles. The third kappa shape index (κ3) is 4.81. The van der Waals surface area contributed by atoms with Gasteiger partial charge < -0.3 is 10.1 Å². The molecule has 0 bridgehead atoms. The topological polar surface area (TPSA) is 108 Å². The van der Waals surface area contributed by atoms with E-state index >= 15 is 0 Å². The molecule has 0 aliphatic heterocycles. The largest absolute Gasteiger partial charge is 0.433 e. The molecular weight excluding hydrogens is 530 g/mol. The van der Waals surface area contributed by atoms with E-state index in [1.807, 2.05) is 0 Å². The second-order valence-corrected chi connectivity index (χ2v) is 9.15. The zero-order valence-electron chi connectivity index (χ0n) is 20.5. The predicted molar refractivity (Wildman–Crippen MR) is 134 cm³/mol. The summed E-state index contributed by atoms with van der Waals surface area (Å²) in [5.41, 5.74) is 1.12. The number of pyridine rings is 3. The van der Waals surface area contributed by atoms with Gasteiger partial charge in [-0.3, -0.25) is 14.3 Å². The van der Waals surface area contributed by atoms with Crippen molar-refractivity contribution < 1.29 is 27.1 Å². The first-order chi connectivity index (χ1) is 19.4. The van der Waals surface area contributed by atoms with Gasteiger partial charge in [0.05, 0.1) is 23.0 Å². The van der Waals surface area contributed by atoms with Crippen molar-refractivity contribution in [3.8, 4) is 23.0 Å². The molecule has 1 aromatic carbocycles. The normalized spacial score (nSPS) is 16.6. The summed E-state index contributed by atoms with van der Waals surface area (Å²) in [5.74, 6) is -1.16. The fourth-order valence-electron chi connectivity index (χ4n) is 4.71. The first-order valence-electron chi connectivity index (χ1n) is 12.2. The van der Waals surface area contributed by atoms with Crippen LogP contribution in [-0.2, 0) is 0 Å². The molecule has 1 amide bonds. The van der Waals surface area contributed by atoms with E-state index in [2.05, 4.69) is 35.2 Å². The molecule has 0 atom stereocenters. The van der Waals surface area contributed by atoms with Gasteiger partial charge in [-0.1, -0.05) is 12.1 Å². The van der Waals surface area contributed by atoms with Gasteiger partial charge in [-0.15, -0.1) is 10.2 Å². The lowest BCUT2D eigenvalue weighted by Gasteiger charge is -2.35. The van der Waals surface area contributed by atoms with Crippen LogP contribution >= 0.6 is 0 Å². The maximum atomic E-state index is 14.9. The average Bonchev–Trinajstić information content (AvgIpc) is 3.34. The number of rotatable bonds is 7. The van der Waals surface area contributed by atoms with E-state index in [9.17, 15) is 22.4 Å². The Bertz CT molecular complexity index is 1710. The quantitative estimate of drug-likeness (QED) is 0.229. The van der Waals surface area contributed by atoms with Crippen LogP contribution in [0.4, 0.5) is 17.6 Å². The monoisotopic (exact) mass is 549 g/mol. The molecule has 5 aromatic rings. The average molecular weight is 549 g/mol. The Labute approximate surface area is 223 Å². The molecule has 6 rings (SSSR count). The molecular formula is C27H19F4N7O2. The number of alkyl halides is 2. The van der Waals surface area contributed by atoms with Crippen LogP contribution in [0, 0.1) is 11.8 Å². The molecule has 13 heteroatoms. The van der Waals surface area contributed by atoms with E-state index < -0.39 is 18.4 Å². The van der Waals surface area contributed by atoms with Crippen molar-refractivity contribution in [3.05, 3.63) is 90.3 Å². The number of fused-ring (bicyclic) bond motifs is 1. The van der Waals surface area contributed by atoms with Gasteiger partial charge in [0.25, 0.3) is 5.91 Å². The van der Waals surface area contributed by atoms with Crippen LogP contribution in [0.1, 0.15) is 34.9 Å². The van der Waals surface area contributed by atoms with Crippen molar-refractivity contribution in [1.29, 1.82) is 0 Å². The molecule has 1 fully saturated rings. The Balaban J connectivity index is 1.24. The Kier molecular flexibility index (Phi) is 6.54. The van der Waals surface area contributed by atoms with Crippen LogP contribution in [0.3, 0.4) is 0 Å². The SMILES string of the molecule is O=C(NC1CC(c2nnc(-c3ccc(OC(F)F)cn3)n2-c2ccccc2F)C1)c1ccnc2cc(F)ncc12. The predicted octanol–water partition coefficient (Wildman–Crippen LogP) is 4.83. The second-order valence-electron chi connectivity index (χ2n) is 9.15. The molecule has 1 aliphatic carbocycles. The Hall–Kier alpha value is -4.94. The number of ether oxygens (including phenoxy) is 1. The number of aromatic nitrogens is 6. The van der Waals surface area contributed by atoms with Gasteiger partial charge in [-0.05, 0) is 43.2 Å². The van der Waals surface area contributed by atoms with Crippen LogP contribution in [0.15, 0.2) is 67.1 Å². The van der Waals surface area contributed by atoms with Crippen LogP contribution in [0.5, 0.6) is 5.75 Å². The molecule has 0 unspecified atom stereocenters. The number of carbonyl (C=O) groups is 1.